The number of amides is 2. The van der Waals surface area contributed by atoms with Crippen LogP contribution < -0.4 is 10.7 Å². The van der Waals surface area contributed by atoms with E-state index in [4.69, 9.17) is 23.2 Å². The van der Waals surface area contributed by atoms with E-state index in [0.717, 1.165) is 11.1 Å². The number of hydrogen-bond donors (Lipinski definition) is 2. The van der Waals surface area contributed by atoms with Crippen LogP contribution in [0.2, 0.25) is 10.0 Å². The average Bonchev–Trinajstić information content (AvgIpc) is 2.73. The zero-order valence-electron chi connectivity index (χ0n) is 16.2. The molecule has 0 saturated carbocycles. The molecule has 0 aliphatic heterocycles. The number of benzene rings is 3. The summed E-state index contributed by atoms with van der Waals surface area (Å²) < 4.78 is 0. The third-order valence-electron chi connectivity index (χ3n) is 4.27. The second-order valence-electron chi connectivity index (χ2n) is 6.55. The Morgan fingerprint density at radius 2 is 1.70 bits per heavy atom. The van der Waals surface area contributed by atoms with Gasteiger partial charge in [-0.1, -0.05) is 65.7 Å². The van der Waals surface area contributed by atoms with Crippen LogP contribution in [-0.2, 0) is 11.2 Å². The van der Waals surface area contributed by atoms with E-state index in [1.807, 2.05) is 36.4 Å². The van der Waals surface area contributed by atoms with Gasteiger partial charge in [-0.25, -0.2) is 5.43 Å². The molecular formula is C23H19Cl2N3O2. The fourth-order valence-corrected chi connectivity index (χ4v) is 3.22. The number of hydrazone groups is 1. The van der Waals surface area contributed by atoms with E-state index in [1.165, 1.54) is 6.07 Å². The Bertz CT molecular complexity index is 1100. The van der Waals surface area contributed by atoms with Gasteiger partial charge in [0.25, 0.3) is 5.91 Å². The van der Waals surface area contributed by atoms with Crippen LogP contribution in [0.15, 0.2) is 77.9 Å². The van der Waals surface area contributed by atoms with Crippen molar-refractivity contribution in [3.8, 4) is 0 Å². The van der Waals surface area contributed by atoms with Crippen molar-refractivity contribution in [1.29, 1.82) is 0 Å². The van der Waals surface area contributed by atoms with Gasteiger partial charge < -0.3 is 5.32 Å². The van der Waals surface area contributed by atoms with Crippen molar-refractivity contribution < 1.29 is 9.59 Å². The van der Waals surface area contributed by atoms with Crippen molar-refractivity contribution in [2.75, 3.05) is 5.32 Å². The molecule has 0 spiro atoms. The van der Waals surface area contributed by atoms with Gasteiger partial charge in [-0.2, -0.15) is 5.10 Å². The van der Waals surface area contributed by atoms with E-state index in [-0.39, 0.29) is 23.3 Å². The summed E-state index contributed by atoms with van der Waals surface area (Å²) >= 11 is 12.0. The predicted octanol–water partition coefficient (Wildman–Crippen LogP) is 5.33. The highest BCUT2D eigenvalue weighted by atomic mass is 35.5. The van der Waals surface area contributed by atoms with Gasteiger partial charge in [0.15, 0.2) is 0 Å². The van der Waals surface area contributed by atoms with Gasteiger partial charge in [0.2, 0.25) is 5.91 Å². The zero-order chi connectivity index (χ0) is 21.5. The zero-order valence-corrected chi connectivity index (χ0v) is 17.7. The van der Waals surface area contributed by atoms with Gasteiger partial charge in [0.05, 0.1) is 22.7 Å². The molecule has 30 heavy (non-hydrogen) atoms. The topological polar surface area (TPSA) is 70.6 Å². The molecule has 0 saturated heterocycles. The van der Waals surface area contributed by atoms with E-state index in [9.17, 15) is 9.59 Å². The molecule has 152 valence electrons. The van der Waals surface area contributed by atoms with Crippen molar-refractivity contribution >= 4 is 46.4 Å². The van der Waals surface area contributed by atoms with E-state index < -0.39 is 0 Å². The van der Waals surface area contributed by atoms with Gasteiger partial charge in [0, 0.05) is 10.7 Å². The summed E-state index contributed by atoms with van der Waals surface area (Å²) in [6, 6.07) is 21.3. The third-order valence-corrected chi connectivity index (χ3v) is 4.82. The fourth-order valence-electron chi connectivity index (χ4n) is 2.73. The van der Waals surface area contributed by atoms with Gasteiger partial charge >= 0.3 is 0 Å². The minimum Gasteiger partial charge on any atom is -0.322 e. The average molecular weight is 440 g/mol. The smallest absolute Gasteiger partial charge is 0.257 e. The first-order valence-electron chi connectivity index (χ1n) is 9.16. The largest absolute Gasteiger partial charge is 0.322 e. The Labute approximate surface area is 184 Å². The summed E-state index contributed by atoms with van der Waals surface area (Å²) in [5.74, 6) is -0.554. The molecule has 3 rings (SSSR count). The Hall–Kier alpha value is -3.15. The Balaban J connectivity index is 1.65. The van der Waals surface area contributed by atoms with Crippen LogP contribution in [0.25, 0.3) is 0 Å². The maximum Gasteiger partial charge on any atom is 0.257 e. The molecule has 0 aliphatic rings. The van der Waals surface area contributed by atoms with Crippen LogP contribution in [0.4, 0.5) is 5.69 Å². The maximum absolute atomic E-state index is 12.5. The number of anilines is 1. The minimum atomic E-state index is -0.348. The predicted molar refractivity (Wildman–Crippen MR) is 121 cm³/mol. The van der Waals surface area contributed by atoms with Crippen molar-refractivity contribution in [3.63, 3.8) is 0 Å². The molecule has 2 amide bonds. The highest BCUT2D eigenvalue weighted by molar-refractivity contribution is 6.37. The molecule has 0 radical (unpaired) electrons. The first kappa shape index (κ1) is 21.6. The number of rotatable bonds is 6. The number of hydrogen-bond acceptors (Lipinski definition) is 3. The number of nitrogens with one attached hydrogen (secondary N) is 2. The van der Waals surface area contributed by atoms with Crippen LogP contribution in [0, 0.1) is 0 Å². The number of halogens is 2. The van der Waals surface area contributed by atoms with Crippen molar-refractivity contribution in [1.82, 2.24) is 5.43 Å². The first-order chi connectivity index (χ1) is 14.4. The SMILES string of the molecule is C/C(=N\NC(=O)Cc1ccccc1)c1cccc(NC(=O)c2ccc(Cl)cc2Cl)c1. The fraction of sp³-hybridized carbons (Fsp3) is 0.0870. The lowest BCUT2D eigenvalue weighted by Gasteiger charge is -2.09. The van der Waals surface area contributed by atoms with Gasteiger partial charge in [-0.15, -0.1) is 0 Å². The van der Waals surface area contributed by atoms with Crippen LogP contribution in [0.1, 0.15) is 28.4 Å². The minimum absolute atomic E-state index is 0.206. The first-order valence-corrected chi connectivity index (χ1v) is 9.92. The lowest BCUT2D eigenvalue weighted by molar-refractivity contribution is -0.120. The maximum atomic E-state index is 12.5. The van der Waals surface area contributed by atoms with Gasteiger partial charge in [0.1, 0.15) is 0 Å². The highest BCUT2D eigenvalue weighted by Crippen LogP contribution is 2.22. The molecule has 0 fully saturated rings. The van der Waals surface area contributed by atoms with Crippen LogP contribution in [-0.4, -0.2) is 17.5 Å². The summed E-state index contributed by atoms with van der Waals surface area (Å²) in [4.78, 5) is 24.6. The molecule has 0 unspecified atom stereocenters. The third kappa shape index (κ3) is 5.92. The molecule has 3 aromatic carbocycles. The quantitative estimate of drug-likeness (QED) is 0.402. The molecule has 0 aliphatic carbocycles. The van der Waals surface area contributed by atoms with Gasteiger partial charge in [-0.05, 0) is 48.4 Å². The van der Waals surface area contributed by atoms with E-state index >= 15 is 0 Å². The van der Waals surface area contributed by atoms with Crippen molar-refractivity contribution in [2.24, 2.45) is 5.10 Å². The molecule has 2 N–H and O–H groups in total. The lowest BCUT2D eigenvalue weighted by atomic mass is 10.1. The summed E-state index contributed by atoms with van der Waals surface area (Å²) in [5, 5.41) is 7.70. The molecule has 0 bridgehead atoms. The second-order valence-corrected chi connectivity index (χ2v) is 7.40. The van der Waals surface area contributed by atoms with Crippen LogP contribution in [0.3, 0.4) is 0 Å². The number of carbonyl (C=O) groups excluding carboxylic acids is 2. The molecule has 7 heteroatoms. The Kier molecular flexibility index (Phi) is 7.22. The van der Waals surface area contributed by atoms with Crippen molar-refractivity contribution in [3.05, 3.63) is 99.5 Å². The number of nitrogens with zero attached hydrogens (tertiary/aromatic N) is 1. The Morgan fingerprint density at radius 3 is 2.43 bits per heavy atom. The highest BCUT2D eigenvalue weighted by Gasteiger charge is 2.11. The van der Waals surface area contributed by atoms with Crippen LogP contribution in [0.5, 0.6) is 0 Å². The number of carbonyl (C=O) groups is 2. The molecular weight excluding hydrogens is 421 g/mol. The molecule has 0 atom stereocenters. The van der Waals surface area contributed by atoms with E-state index in [0.29, 0.717) is 22.0 Å². The van der Waals surface area contributed by atoms with E-state index in [2.05, 4.69) is 15.8 Å². The summed E-state index contributed by atoms with van der Waals surface area (Å²) in [5.41, 5.74) is 5.74. The van der Waals surface area contributed by atoms with E-state index in [1.54, 1.807) is 37.3 Å². The molecule has 0 aromatic heterocycles. The lowest BCUT2D eigenvalue weighted by Crippen LogP contribution is -2.21. The second kappa shape index (κ2) is 10.1. The molecule has 5 nitrogen and oxygen atoms in total. The van der Waals surface area contributed by atoms with Crippen molar-refractivity contribution in [2.45, 2.75) is 13.3 Å². The summed E-state index contributed by atoms with van der Waals surface area (Å²) in [7, 11) is 0. The summed E-state index contributed by atoms with van der Waals surface area (Å²) in [6.07, 6.45) is 0.246. The Morgan fingerprint density at radius 1 is 0.933 bits per heavy atom. The molecule has 3 aromatic rings. The summed E-state index contributed by atoms with van der Waals surface area (Å²) in [6.45, 7) is 1.78. The standard InChI is InChI=1S/C23H19Cl2N3O2/c1-15(27-28-22(29)12-16-6-3-2-4-7-16)17-8-5-9-19(13-17)26-23(30)20-11-10-18(24)14-21(20)25/h2-11,13-14H,12H2,1H3,(H,26,30)(H,28,29)/b27-15+. The monoisotopic (exact) mass is 439 g/mol. The van der Waals surface area contributed by atoms with Gasteiger partial charge in [-0.3, -0.25) is 9.59 Å². The van der Waals surface area contributed by atoms with Crippen LogP contribution >= 0.6 is 23.2 Å². The molecule has 0 heterocycles. The normalized spacial score (nSPS) is 11.1.